The molecule has 0 bridgehead atoms. The third-order valence-corrected chi connectivity index (χ3v) is 8.84. The van der Waals surface area contributed by atoms with E-state index in [9.17, 15) is 0 Å². The highest BCUT2D eigenvalue weighted by atomic mass is 16.1. The molecule has 0 spiro atoms. The first-order valence-electron chi connectivity index (χ1n) is 17.8. The quantitative estimate of drug-likeness (QED) is 0.108. The smallest absolute Gasteiger partial charge is 0.181 e. The molecule has 0 aliphatic carbocycles. The second-order valence-corrected chi connectivity index (χ2v) is 13.9. The minimum Gasteiger partial charge on any atom is -0.377 e. The zero-order valence-corrected chi connectivity index (χ0v) is 32.7. The van der Waals surface area contributed by atoms with Gasteiger partial charge in [-0.15, -0.1) is 10.2 Å². The summed E-state index contributed by atoms with van der Waals surface area (Å²) in [5.74, 6) is 0. The van der Waals surface area contributed by atoms with E-state index < -0.39 is 0 Å². The summed E-state index contributed by atoms with van der Waals surface area (Å²) in [6, 6.07) is 34.4. The Morgan fingerprint density at radius 1 is 0.434 bits per heavy atom. The molecule has 0 fully saturated rings. The van der Waals surface area contributed by atoms with E-state index in [-0.39, 0.29) is 0 Å². The number of hydrogen-bond donors (Lipinski definition) is 0. The second kappa shape index (κ2) is 17.5. The predicted molar refractivity (Wildman–Crippen MR) is 219 cm³/mol. The van der Waals surface area contributed by atoms with E-state index in [1.807, 2.05) is 70.2 Å². The van der Waals surface area contributed by atoms with Crippen LogP contribution in [0.5, 0.6) is 0 Å². The number of benzene rings is 4. The molecule has 5 rings (SSSR count). The average molecular weight is 713 g/mol. The topological polar surface area (TPSA) is 93.6 Å². The lowest BCUT2D eigenvalue weighted by atomic mass is 9.99. The molecule has 1 aliphatic rings. The van der Waals surface area contributed by atoms with Crippen LogP contribution in [0.1, 0.15) is 55.4 Å². The number of hydrogen-bond acceptors (Lipinski definition) is 10. The maximum atomic E-state index is 4.85. The van der Waals surface area contributed by atoms with Crippen LogP contribution in [0, 0.1) is 12.1 Å². The van der Waals surface area contributed by atoms with Gasteiger partial charge in [0.2, 0.25) is 0 Å². The number of hydrazone groups is 2. The van der Waals surface area contributed by atoms with Gasteiger partial charge in [-0.05, 0) is 103 Å². The van der Waals surface area contributed by atoms with Gasteiger partial charge in [0.15, 0.2) is 12.1 Å². The van der Waals surface area contributed by atoms with Gasteiger partial charge >= 0.3 is 0 Å². The van der Waals surface area contributed by atoms with Crippen molar-refractivity contribution in [1.82, 2.24) is 10.5 Å². The molecule has 0 aromatic heterocycles. The Balaban J connectivity index is 1.58. The zero-order chi connectivity index (χ0) is 38.1. The molecule has 274 valence electrons. The summed E-state index contributed by atoms with van der Waals surface area (Å²) in [5.41, 5.74) is 9.75. The standard InChI is InChI=1S/C41H52N12/c1-30-12-11-13-31(2)45-53(47-43-41(34-18-26-38(27-19-34)50(7)8)35-20-28-39(29-21-35)51(9)10)52(44-30)46-42-40(32-14-22-36(23-15-32)48(3)4)33-16-24-37(25-17-33)49(5)6/h14-29H,11-13H2,1-10H3/q+2/b44-30-,45-31-,46-42?,47-43?. The van der Waals surface area contributed by atoms with Gasteiger partial charge in [-0.2, -0.15) is 0 Å². The van der Waals surface area contributed by atoms with Gasteiger partial charge in [0.1, 0.15) is 22.3 Å². The van der Waals surface area contributed by atoms with Crippen molar-refractivity contribution in [2.45, 2.75) is 33.1 Å². The van der Waals surface area contributed by atoms with Crippen LogP contribution >= 0.6 is 0 Å². The minimum atomic E-state index is 0.681. The molecule has 53 heavy (non-hydrogen) atoms. The molecule has 0 radical (unpaired) electrons. The van der Waals surface area contributed by atoms with Crippen molar-refractivity contribution in [3.63, 3.8) is 0 Å². The van der Waals surface area contributed by atoms with E-state index in [2.05, 4.69) is 117 Å². The van der Waals surface area contributed by atoms with Gasteiger partial charge < -0.3 is 19.6 Å². The fourth-order valence-electron chi connectivity index (χ4n) is 5.60. The summed E-state index contributed by atoms with van der Waals surface area (Å²) in [6.07, 6.45) is 2.47. The largest absolute Gasteiger partial charge is 0.377 e. The Bertz CT molecular complexity index is 1630. The van der Waals surface area contributed by atoms with Gasteiger partial charge in [0, 0.05) is 116 Å². The molecule has 0 saturated heterocycles. The van der Waals surface area contributed by atoms with Crippen LogP contribution in [-0.2, 0) is 0 Å². The molecule has 4 aromatic rings. The average Bonchev–Trinajstić information content (AvgIpc) is 3.21. The molecular weight excluding hydrogens is 661 g/mol. The molecule has 0 amide bonds. The molecule has 12 nitrogen and oxygen atoms in total. The van der Waals surface area contributed by atoms with Crippen LogP contribution < -0.4 is 19.6 Å². The van der Waals surface area contributed by atoms with Crippen molar-refractivity contribution in [3.8, 4) is 0 Å². The first-order chi connectivity index (χ1) is 25.4. The Labute approximate surface area is 315 Å². The number of anilines is 4. The maximum Gasteiger partial charge on any atom is 0.181 e. The summed E-state index contributed by atoms with van der Waals surface area (Å²) < 4.78 is 0. The molecule has 12 heteroatoms. The van der Waals surface area contributed by atoms with E-state index >= 15 is 0 Å². The Morgan fingerprint density at radius 3 is 0.906 bits per heavy atom. The summed E-state index contributed by atoms with van der Waals surface area (Å²) in [4.78, 5) is 8.27. The fraction of sp³-hybridized carbons (Fsp3) is 0.317. The van der Waals surface area contributed by atoms with Gasteiger partial charge in [0.05, 0.1) is 22.7 Å². The van der Waals surface area contributed by atoms with Gasteiger partial charge in [0.25, 0.3) is 0 Å². The lowest BCUT2D eigenvalue weighted by Crippen LogP contribution is -2.27. The van der Waals surface area contributed by atoms with Crippen LogP contribution in [0.2, 0.25) is 0 Å². The SMILES string of the molecule is C/C1=N/N(N=N[C+](c2ccc(N(C)C)cc2)c2ccc(N(C)C)cc2)N(N=N[C+](c2ccc(N(C)C)cc2)c2ccc(N(C)C)cc2)/N=C(/C)CCC1. The van der Waals surface area contributed by atoms with Crippen molar-refractivity contribution in [2.24, 2.45) is 30.9 Å². The minimum absolute atomic E-state index is 0.681. The fourth-order valence-corrected chi connectivity index (χ4v) is 5.60. The van der Waals surface area contributed by atoms with Crippen molar-refractivity contribution in [2.75, 3.05) is 76.0 Å². The normalized spacial score (nSPS) is 15.6. The Kier molecular flexibility index (Phi) is 12.6. The molecule has 0 saturated carbocycles. The van der Waals surface area contributed by atoms with Crippen LogP contribution in [0.15, 0.2) is 128 Å². The van der Waals surface area contributed by atoms with E-state index in [0.29, 0.717) is 12.1 Å². The van der Waals surface area contributed by atoms with Crippen LogP contribution in [-0.4, -0.2) is 78.3 Å². The summed E-state index contributed by atoms with van der Waals surface area (Å²) in [6.45, 7) is 3.97. The van der Waals surface area contributed by atoms with Crippen molar-refractivity contribution < 1.29 is 0 Å². The third kappa shape index (κ3) is 10.1. The number of rotatable bonds is 12. The molecule has 1 aliphatic heterocycles. The molecule has 4 aromatic carbocycles. The summed E-state index contributed by atoms with van der Waals surface area (Å²) in [5, 5.41) is 31.4. The highest BCUT2D eigenvalue weighted by Crippen LogP contribution is 2.31. The third-order valence-electron chi connectivity index (χ3n) is 8.84. The lowest BCUT2D eigenvalue weighted by molar-refractivity contribution is -0.0354. The van der Waals surface area contributed by atoms with Crippen LogP contribution in [0.3, 0.4) is 0 Å². The molecule has 1 heterocycles. The monoisotopic (exact) mass is 712 g/mol. The van der Waals surface area contributed by atoms with E-state index in [1.165, 1.54) is 10.5 Å². The highest BCUT2D eigenvalue weighted by molar-refractivity contribution is 5.84. The summed E-state index contributed by atoms with van der Waals surface area (Å²) >= 11 is 0. The highest BCUT2D eigenvalue weighted by Gasteiger charge is 2.26. The van der Waals surface area contributed by atoms with E-state index in [1.54, 1.807) is 0 Å². The van der Waals surface area contributed by atoms with Crippen molar-refractivity contribution >= 4 is 34.2 Å². The second-order valence-electron chi connectivity index (χ2n) is 13.9. The van der Waals surface area contributed by atoms with Crippen molar-refractivity contribution in [1.29, 1.82) is 0 Å². The van der Waals surface area contributed by atoms with Crippen LogP contribution in [0.25, 0.3) is 0 Å². The van der Waals surface area contributed by atoms with Crippen molar-refractivity contribution in [3.05, 3.63) is 131 Å². The maximum absolute atomic E-state index is 4.85. The van der Waals surface area contributed by atoms with Crippen LogP contribution in [0.4, 0.5) is 22.7 Å². The zero-order valence-electron chi connectivity index (χ0n) is 32.7. The number of nitrogens with zero attached hydrogens (tertiary/aromatic N) is 12. The first-order valence-corrected chi connectivity index (χ1v) is 17.8. The van der Waals surface area contributed by atoms with Gasteiger partial charge in [-0.25, -0.2) is 0 Å². The Morgan fingerprint density at radius 2 is 0.679 bits per heavy atom. The Hall–Kier alpha value is -6.04. The van der Waals surface area contributed by atoms with Gasteiger partial charge in [-0.1, -0.05) is 10.2 Å². The lowest BCUT2D eigenvalue weighted by Gasteiger charge is -2.20. The summed E-state index contributed by atoms with van der Waals surface area (Å²) in [7, 11) is 16.2. The predicted octanol–water partition coefficient (Wildman–Crippen LogP) is 8.70. The molecule has 0 atom stereocenters. The molecule has 0 unspecified atom stereocenters. The van der Waals surface area contributed by atoms with E-state index in [0.717, 1.165) is 75.7 Å². The molecule has 0 N–H and O–H groups in total. The van der Waals surface area contributed by atoms with E-state index in [4.69, 9.17) is 30.9 Å². The first kappa shape index (κ1) is 38.2. The molecular formula is C41H52N12+2. The number of hydrazine groups is 1. The van der Waals surface area contributed by atoms with Gasteiger partial charge in [-0.3, -0.25) is 0 Å².